The second-order valence-corrected chi connectivity index (χ2v) is 8.14. The Balaban J connectivity index is 1.86. The van der Waals surface area contributed by atoms with Gasteiger partial charge in [0.05, 0.1) is 22.6 Å². The molecule has 0 spiro atoms. The van der Waals surface area contributed by atoms with Gasteiger partial charge in [-0.1, -0.05) is 12.1 Å². The van der Waals surface area contributed by atoms with Gasteiger partial charge in [-0.25, -0.2) is 12.8 Å². The second-order valence-electron chi connectivity index (χ2n) is 6.37. The summed E-state index contributed by atoms with van der Waals surface area (Å²) in [5.74, 6) is -1.93. The number of hydrogen-bond donors (Lipinski definition) is 2. The van der Waals surface area contributed by atoms with Crippen LogP contribution in [0.2, 0.25) is 0 Å². The van der Waals surface area contributed by atoms with Crippen molar-refractivity contribution in [2.24, 2.45) is 0 Å². The standard InChI is InChI=1S/C20H20FN3O5S/c1-13(16-5-7-17(21)8-6-16)24-20(26)14(2)29-19(25)12-23-30(27,28)18-9-3-15(11-22)4-10-18/h3-10,13-14,23H,12H2,1-2H3,(H,24,26). The molecule has 0 saturated heterocycles. The molecule has 1 amide bonds. The van der Waals surface area contributed by atoms with Crippen molar-refractivity contribution in [1.82, 2.24) is 10.0 Å². The van der Waals surface area contributed by atoms with E-state index in [9.17, 15) is 22.4 Å². The van der Waals surface area contributed by atoms with Crippen molar-refractivity contribution in [1.29, 1.82) is 5.26 Å². The number of sulfonamides is 1. The highest BCUT2D eigenvalue weighted by atomic mass is 32.2. The van der Waals surface area contributed by atoms with Gasteiger partial charge in [-0.2, -0.15) is 9.98 Å². The minimum Gasteiger partial charge on any atom is -0.452 e. The Labute approximate surface area is 173 Å². The molecule has 0 heterocycles. The molecule has 0 bridgehead atoms. The van der Waals surface area contributed by atoms with Crippen molar-refractivity contribution in [2.75, 3.05) is 6.54 Å². The Morgan fingerprint density at radius 1 is 1.10 bits per heavy atom. The summed E-state index contributed by atoms with van der Waals surface area (Å²) < 4.78 is 44.4. The molecule has 0 saturated carbocycles. The van der Waals surface area contributed by atoms with Gasteiger partial charge in [0, 0.05) is 0 Å². The van der Waals surface area contributed by atoms with Crippen LogP contribution in [0.4, 0.5) is 4.39 Å². The quantitative estimate of drug-likeness (QED) is 0.612. The van der Waals surface area contributed by atoms with Crippen LogP contribution in [-0.4, -0.2) is 32.9 Å². The number of esters is 1. The number of ether oxygens (including phenoxy) is 1. The second kappa shape index (κ2) is 9.96. The highest BCUT2D eigenvalue weighted by Gasteiger charge is 2.22. The number of amides is 1. The Bertz CT molecular complexity index is 1050. The van der Waals surface area contributed by atoms with Gasteiger partial charge < -0.3 is 10.1 Å². The predicted molar refractivity (Wildman–Crippen MR) is 105 cm³/mol. The van der Waals surface area contributed by atoms with Crippen LogP contribution in [0.25, 0.3) is 0 Å². The number of nitriles is 1. The zero-order chi connectivity index (χ0) is 22.3. The minimum atomic E-state index is -3.99. The fraction of sp³-hybridized carbons (Fsp3) is 0.250. The van der Waals surface area contributed by atoms with Crippen LogP contribution >= 0.6 is 0 Å². The van der Waals surface area contributed by atoms with E-state index in [2.05, 4.69) is 10.0 Å². The van der Waals surface area contributed by atoms with Gasteiger partial charge in [-0.15, -0.1) is 0 Å². The number of nitrogens with zero attached hydrogens (tertiary/aromatic N) is 1. The number of carbonyl (C=O) groups is 2. The Kier molecular flexibility index (Phi) is 7.63. The molecule has 0 radical (unpaired) electrons. The molecule has 30 heavy (non-hydrogen) atoms. The smallest absolute Gasteiger partial charge is 0.321 e. The Hall–Kier alpha value is -3.29. The lowest BCUT2D eigenvalue weighted by molar-refractivity contribution is -0.153. The normalized spacial score (nSPS) is 13.0. The SMILES string of the molecule is CC(OC(=O)CNS(=O)(=O)c1ccc(C#N)cc1)C(=O)NC(C)c1ccc(F)cc1. The first-order valence-electron chi connectivity index (χ1n) is 8.87. The summed E-state index contributed by atoms with van der Waals surface area (Å²) >= 11 is 0. The van der Waals surface area contributed by atoms with E-state index in [0.29, 0.717) is 11.1 Å². The third kappa shape index (κ3) is 6.37. The Morgan fingerprint density at radius 2 is 1.70 bits per heavy atom. The van der Waals surface area contributed by atoms with Crippen molar-refractivity contribution >= 4 is 21.9 Å². The topological polar surface area (TPSA) is 125 Å². The van der Waals surface area contributed by atoms with Gasteiger partial charge in [0.15, 0.2) is 6.10 Å². The van der Waals surface area contributed by atoms with Gasteiger partial charge in [0.25, 0.3) is 5.91 Å². The summed E-state index contributed by atoms with van der Waals surface area (Å²) in [7, 11) is -3.99. The first-order valence-corrected chi connectivity index (χ1v) is 10.4. The summed E-state index contributed by atoms with van der Waals surface area (Å²) in [4.78, 5) is 24.0. The fourth-order valence-electron chi connectivity index (χ4n) is 2.40. The summed E-state index contributed by atoms with van der Waals surface area (Å²) in [5.41, 5.74) is 0.960. The molecule has 2 rings (SSSR count). The van der Waals surface area contributed by atoms with Crippen LogP contribution in [0.3, 0.4) is 0 Å². The van der Waals surface area contributed by atoms with Crippen LogP contribution in [0, 0.1) is 17.1 Å². The van der Waals surface area contributed by atoms with E-state index in [1.165, 1.54) is 55.5 Å². The van der Waals surface area contributed by atoms with Crippen molar-refractivity contribution in [3.63, 3.8) is 0 Å². The van der Waals surface area contributed by atoms with E-state index in [1.54, 1.807) is 6.92 Å². The van der Waals surface area contributed by atoms with Crippen LogP contribution in [0.5, 0.6) is 0 Å². The molecule has 8 nitrogen and oxygen atoms in total. The lowest BCUT2D eigenvalue weighted by atomic mass is 10.1. The Morgan fingerprint density at radius 3 is 2.27 bits per heavy atom. The molecule has 0 aliphatic rings. The fourth-order valence-corrected chi connectivity index (χ4v) is 3.37. The third-order valence-electron chi connectivity index (χ3n) is 4.11. The van der Waals surface area contributed by atoms with Crippen molar-refractivity contribution < 1.29 is 27.1 Å². The van der Waals surface area contributed by atoms with Crippen LogP contribution in [0.15, 0.2) is 53.4 Å². The van der Waals surface area contributed by atoms with E-state index in [1.807, 2.05) is 6.07 Å². The molecule has 10 heteroatoms. The molecule has 0 aliphatic carbocycles. The van der Waals surface area contributed by atoms with Crippen molar-refractivity contribution in [3.8, 4) is 6.07 Å². The van der Waals surface area contributed by atoms with E-state index in [-0.39, 0.29) is 4.90 Å². The first kappa shape index (κ1) is 23.0. The maximum absolute atomic E-state index is 13.0. The third-order valence-corrected chi connectivity index (χ3v) is 5.52. The molecule has 2 unspecified atom stereocenters. The molecule has 2 atom stereocenters. The van der Waals surface area contributed by atoms with E-state index >= 15 is 0 Å². The van der Waals surface area contributed by atoms with Gasteiger partial charge in [-0.3, -0.25) is 9.59 Å². The lowest BCUT2D eigenvalue weighted by Gasteiger charge is -2.18. The van der Waals surface area contributed by atoms with Crippen LogP contribution in [0.1, 0.15) is 31.0 Å². The molecule has 0 fully saturated rings. The molecule has 2 N–H and O–H groups in total. The van der Waals surface area contributed by atoms with Gasteiger partial charge in [-0.05, 0) is 55.8 Å². The average Bonchev–Trinajstić information content (AvgIpc) is 2.72. The van der Waals surface area contributed by atoms with Gasteiger partial charge in [0.2, 0.25) is 10.0 Å². The summed E-state index contributed by atoms with van der Waals surface area (Å²) in [6.07, 6.45) is -1.17. The zero-order valence-electron chi connectivity index (χ0n) is 16.3. The molecule has 2 aromatic carbocycles. The molecular formula is C20H20FN3O5S. The maximum atomic E-state index is 13.0. The minimum absolute atomic E-state index is 0.117. The molecule has 158 valence electrons. The number of carbonyl (C=O) groups excluding carboxylic acids is 2. The van der Waals surface area contributed by atoms with E-state index < -0.39 is 46.4 Å². The highest BCUT2D eigenvalue weighted by molar-refractivity contribution is 7.89. The molecule has 2 aromatic rings. The van der Waals surface area contributed by atoms with Crippen molar-refractivity contribution in [3.05, 3.63) is 65.5 Å². The zero-order valence-corrected chi connectivity index (χ0v) is 17.1. The number of halogens is 1. The largest absolute Gasteiger partial charge is 0.452 e. The van der Waals surface area contributed by atoms with Crippen LogP contribution in [-0.2, 0) is 24.3 Å². The molecular weight excluding hydrogens is 413 g/mol. The summed E-state index contributed by atoms with van der Waals surface area (Å²) in [5, 5.41) is 11.4. The number of benzene rings is 2. The monoisotopic (exact) mass is 433 g/mol. The number of hydrogen-bond acceptors (Lipinski definition) is 6. The van der Waals surface area contributed by atoms with Crippen LogP contribution < -0.4 is 10.0 Å². The molecule has 0 aromatic heterocycles. The first-order chi connectivity index (χ1) is 14.1. The maximum Gasteiger partial charge on any atom is 0.321 e. The van der Waals surface area contributed by atoms with Gasteiger partial charge >= 0.3 is 5.97 Å². The van der Waals surface area contributed by atoms with Crippen molar-refractivity contribution in [2.45, 2.75) is 30.9 Å². The van der Waals surface area contributed by atoms with E-state index in [4.69, 9.17) is 10.00 Å². The number of nitrogens with one attached hydrogen (secondary N) is 2. The summed E-state index contributed by atoms with van der Waals surface area (Å²) in [6.45, 7) is 2.36. The van der Waals surface area contributed by atoms with Gasteiger partial charge in [0.1, 0.15) is 12.4 Å². The number of rotatable bonds is 8. The highest BCUT2D eigenvalue weighted by Crippen LogP contribution is 2.13. The average molecular weight is 433 g/mol. The van der Waals surface area contributed by atoms with E-state index in [0.717, 1.165) is 0 Å². The molecule has 0 aliphatic heterocycles. The summed E-state index contributed by atoms with van der Waals surface area (Å²) in [6, 6.07) is 12.1. The lowest BCUT2D eigenvalue weighted by Crippen LogP contribution is -2.39. The predicted octanol–water partition coefficient (Wildman–Crippen LogP) is 1.78.